The van der Waals surface area contributed by atoms with Crippen LogP contribution in [0.3, 0.4) is 0 Å². The number of nitrogens with one attached hydrogen (secondary N) is 2. The Morgan fingerprint density at radius 1 is 1.03 bits per heavy atom. The fourth-order valence-electron chi connectivity index (χ4n) is 3.04. The number of benzene rings is 2. The molecule has 31 heavy (non-hydrogen) atoms. The van der Waals surface area contributed by atoms with E-state index >= 15 is 0 Å². The number of amides is 1. The Labute approximate surface area is 187 Å². The zero-order valence-corrected chi connectivity index (χ0v) is 19.0. The first-order valence-electron chi connectivity index (χ1n) is 10.1. The fourth-order valence-corrected chi connectivity index (χ4v) is 4.66. The van der Waals surface area contributed by atoms with Gasteiger partial charge in [-0.3, -0.25) is 4.79 Å². The van der Waals surface area contributed by atoms with E-state index < -0.39 is 10.0 Å². The van der Waals surface area contributed by atoms with Crippen LogP contribution in [0.2, 0.25) is 0 Å². The molecule has 0 aliphatic rings. The summed E-state index contributed by atoms with van der Waals surface area (Å²) in [4.78, 5) is 13.6. The molecule has 0 aliphatic carbocycles. The van der Waals surface area contributed by atoms with Crippen LogP contribution in [0.15, 0.2) is 77.5 Å². The predicted octanol–water partition coefficient (Wildman–Crippen LogP) is 4.50. The third-order valence-electron chi connectivity index (χ3n) is 4.75. The highest BCUT2D eigenvalue weighted by molar-refractivity contribution is 7.92. The van der Waals surface area contributed by atoms with E-state index in [0.29, 0.717) is 0 Å². The van der Waals surface area contributed by atoms with Gasteiger partial charge in [-0.2, -0.15) is 0 Å². The Balaban J connectivity index is 1.57. The van der Waals surface area contributed by atoms with Crippen LogP contribution in [-0.2, 0) is 21.2 Å². The monoisotopic (exact) mass is 454 g/mol. The zero-order valence-electron chi connectivity index (χ0n) is 17.3. The molecule has 1 amide bonds. The topological polar surface area (TPSA) is 75.3 Å². The molecule has 1 atom stereocenters. The fraction of sp³-hybridized carbons (Fsp3) is 0.208. The molecule has 0 spiro atoms. The van der Waals surface area contributed by atoms with Crippen LogP contribution in [0.5, 0.6) is 0 Å². The van der Waals surface area contributed by atoms with E-state index in [9.17, 15) is 13.2 Å². The summed E-state index contributed by atoms with van der Waals surface area (Å²) < 4.78 is 26.7. The molecule has 7 heteroatoms. The number of rotatable bonds is 10. The number of sulfonamides is 1. The highest BCUT2D eigenvalue weighted by atomic mass is 32.2. The van der Waals surface area contributed by atoms with Crippen molar-refractivity contribution in [3.8, 4) is 0 Å². The van der Waals surface area contributed by atoms with E-state index in [0.717, 1.165) is 27.8 Å². The maximum absolute atomic E-state index is 12.6. The van der Waals surface area contributed by atoms with Gasteiger partial charge in [0.2, 0.25) is 15.9 Å². The maximum Gasteiger partial charge on any atom is 0.233 e. The van der Waals surface area contributed by atoms with Gasteiger partial charge in [0, 0.05) is 23.3 Å². The standard InChI is InChI=1S/C24H26N2O3S2/c1-2-19-10-12-21(13-11-19)24(22-9-6-17-30-22)26-23(27)14-16-25-31(28,29)18-15-20-7-4-3-5-8-20/h3-13,15,17-18,24-25H,2,14,16H2,1H3,(H,26,27)/b18-15+. The Kier molecular flexibility index (Phi) is 8.17. The summed E-state index contributed by atoms with van der Waals surface area (Å²) in [5.41, 5.74) is 3.02. The molecule has 2 aromatic carbocycles. The van der Waals surface area contributed by atoms with Crippen molar-refractivity contribution in [1.29, 1.82) is 0 Å². The minimum atomic E-state index is -3.62. The lowest BCUT2D eigenvalue weighted by Crippen LogP contribution is -2.32. The SMILES string of the molecule is CCc1ccc(C(NC(=O)CCNS(=O)(=O)/C=C/c2ccccc2)c2cccs2)cc1. The van der Waals surface area contributed by atoms with Crippen molar-refractivity contribution in [3.05, 3.63) is 99.1 Å². The summed E-state index contributed by atoms with van der Waals surface area (Å²) in [7, 11) is -3.62. The van der Waals surface area contributed by atoms with Gasteiger partial charge in [0.1, 0.15) is 0 Å². The van der Waals surface area contributed by atoms with Crippen molar-refractivity contribution in [1.82, 2.24) is 10.0 Å². The molecule has 0 saturated heterocycles. The molecule has 5 nitrogen and oxygen atoms in total. The van der Waals surface area contributed by atoms with Crippen molar-refractivity contribution < 1.29 is 13.2 Å². The molecule has 2 N–H and O–H groups in total. The molecule has 0 radical (unpaired) electrons. The van der Waals surface area contributed by atoms with Crippen LogP contribution in [0.4, 0.5) is 0 Å². The van der Waals surface area contributed by atoms with Gasteiger partial charge in [0.05, 0.1) is 6.04 Å². The number of carbonyl (C=O) groups is 1. The van der Waals surface area contributed by atoms with Crippen LogP contribution in [0.1, 0.15) is 41.0 Å². The lowest BCUT2D eigenvalue weighted by atomic mass is 10.0. The van der Waals surface area contributed by atoms with Crippen LogP contribution in [0, 0.1) is 0 Å². The van der Waals surface area contributed by atoms with E-state index in [1.807, 2.05) is 60.0 Å². The molecular weight excluding hydrogens is 428 g/mol. The third kappa shape index (κ3) is 7.17. The van der Waals surface area contributed by atoms with Gasteiger partial charge in [-0.1, -0.05) is 67.6 Å². The summed E-state index contributed by atoms with van der Waals surface area (Å²) in [5.74, 6) is -0.215. The smallest absolute Gasteiger partial charge is 0.233 e. The number of carbonyl (C=O) groups excluding carboxylic acids is 1. The van der Waals surface area contributed by atoms with Gasteiger partial charge in [-0.15, -0.1) is 11.3 Å². The minimum absolute atomic E-state index is 0.0270. The van der Waals surface area contributed by atoms with Crippen molar-refractivity contribution in [2.24, 2.45) is 0 Å². The number of hydrogen-bond donors (Lipinski definition) is 2. The van der Waals surface area contributed by atoms with Crippen molar-refractivity contribution in [2.45, 2.75) is 25.8 Å². The predicted molar refractivity (Wildman–Crippen MR) is 127 cm³/mol. The average molecular weight is 455 g/mol. The summed E-state index contributed by atoms with van der Waals surface area (Å²) >= 11 is 1.58. The molecule has 0 fully saturated rings. The van der Waals surface area contributed by atoms with E-state index in [1.54, 1.807) is 11.3 Å². The Morgan fingerprint density at radius 3 is 2.42 bits per heavy atom. The first kappa shape index (κ1) is 22.9. The highest BCUT2D eigenvalue weighted by Crippen LogP contribution is 2.26. The van der Waals surface area contributed by atoms with Crippen molar-refractivity contribution in [3.63, 3.8) is 0 Å². The molecule has 0 saturated carbocycles. The van der Waals surface area contributed by atoms with Gasteiger partial charge in [0.15, 0.2) is 0 Å². The second-order valence-electron chi connectivity index (χ2n) is 7.01. The van der Waals surface area contributed by atoms with E-state index in [2.05, 4.69) is 29.1 Å². The summed E-state index contributed by atoms with van der Waals surface area (Å²) in [6.07, 6.45) is 2.53. The third-order valence-corrected chi connectivity index (χ3v) is 6.79. The lowest BCUT2D eigenvalue weighted by molar-refractivity contribution is -0.121. The zero-order chi connectivity index (χ0) is 22.1. The molecule has 162 valence electrons. The first-order valence-corrected chi connectivity index (χ1v) is 12.5. The van der Waals surface area contributed by atoms with Gasteiger partial charge in [-0.25, -0.2) is 13.1 Å². The van der Waals surface area contributed by atoms with Crippen molar-refractivity contribution >= 4 is 33.3 Å². The quantitative estimate of drug-likeness (QED) is 0.474. The maximum atomic E-state index is 12.6. The Morgan fingerprint density at radius 2 is 1.77 bits per heavy atom. The van der Waals surface area contributed by atoms with Gasteiger partial charge < -0.3 is 5.32 Å². The van der Waals surface area contributed by atoms with E-state index in [-0.39, 0.29) is 24.9 Å². The second-order valence-corrected chi connectivity index (χ2v) is 9.64. The highest BCUT2D eigenvalue weighted by Gasteiger charge is 2.18. The van der Waals surface area contributed by atoms with E-state index in [1.165, 1.54) is 11.6 Å². The lowest BCUT2D eigenvalue weighted by Gasteiger charge is -2.18. The molecule has 1 unspecified atom stereocenters. The number of hydrogen-bond acceptors (Lipinski definition) is 4. The number of aryl methyl sites for hydroxylation is 1. The average Bonchev–Trinajstić information content (AvgIpc) is 3.31. The first-order chi connectivity index (χ1) is 15.0. The molecule has 1 heterocycles. The van der Waals surface area contributed by atoms with Crippen LogP contribution >= 0.6 is 11.3 Å². The summed E-state index contributed by atoms with van der Waals surface area (Å²) in [6, 6.07) is 21.0. The normalized spacial score (nSPS) is 12.7. The van der Waals surface area contributed by atoms with Crippen LogP contribution in [0.25, 0.3) is 6.08 Å². The van der Waals surface area contributed by atoms with Crippen LogP contribution in [-0.4, -0.2) is 20.9 Å². The molecule has 0 bridgehead atoms. The summed E-state index contributed by atoms with van der Waals surface area (Å²) in [6.45, 7) is 2.13. The Bertz CT molecular complexity index is 1090. The molecule has 3 rings (SSSR count). The molecule has 0 aliphatic heterocycles. The van der Waals surface area contributed by atoms with Gasteiger partial charge in [-0.05, 0) is 40.6 Å². The summed E-state index contributed by atoms with van der Waals surface area (Å²) in [5, 5.41) is 6.13. The molecule has 3 aromatic rings. The van der Waals surface area contributed by atoms with Gasteiger partial charge >= 0.3 is 0 Å². The molecule has 1 aromatic heterocycles. The van der Waals surface area contributed by atoms with Crippen molar-refractivity contribution in [2.75, 3.05) is 6.54 Å². The van der Waals surface area contributed by atoms with E-state index in [4.69, 9.17) is 0 Å². The number of thiophene rings is 1. The Hall–Kier alpha value is -2.74. The minimum Gasteiger partial charge on any atom is -0.344 e. The second kappa shape index (κ2) is 11.0. The molecular formula is C24H26N2O3S2. The van der Waals surface area contributed by atoms with Crippen LogP contribution < -0.4 is 10.0 Å². The largest absolute Gasteiger partial charge is 0.344 e. The van der Waals surface area contributed by atoms with Gasteiger partial charge in [0.25, 0.3) is 0 Å².